The number of nitriles is 1. The zero-order chi connectivity index (χ0) is 13.6. The van der Waals surface area contributed by atoms with Gasteiger partial charge < -0.3 is 10.0 Å². The summed E-state index contributed by atoms with van der Waals surface area (Å²) in [6.45, 7) is 6.01. The van der Waals surface area contributed by atoms with Gasteiger partial charge in [0.05, 0.1) is 17.6 Å². The minimum absolute atomic E-state index is 0.100. The van der Waals surface area contributed by atoms with Crippen molar-refractivity contribution < 1.29 is 5.11 Å². The van der Waals surface area contributed by atoms with Crippen LogP contribution in [0.2, 0.25) is 0 Å². The molecule has 0 spiro atoms. The molecule has 1 fully saturated rings. The molecule has 1 saturated carbocycles. The Balaban J connectivity index is 2.21. The molecule has 0 bridgehead atoms. The van der Waals surface area contributed by atoms with Gasteiger partial charge in [-0.2, -0.15) is 5.26 Å². The van der Waals surface area contributed by atoms with Crippen LogP contribution in [0.25, 0.3) is 0 Å². The van der Waals surface area contributed by atoms with Crippen LogP contribution in [0.15, 0.2) is 0 Å². The molecular weight excluding hydrogens is 224 g/mol. The third-order valence-electron chi connectivity index (χ3n) is 4.06. The van der Waals surface area contributed by atoms with Gasteiger partial charge >= 0.3 is 0 Å². The van der Waals surface area contributed by atoms with Crippen molar-refractivity contribution in [3.05, 3.63) is 0 Å². The number of hydrogen-bond acceptors (Lipinski definition) is 3. The van der Waals surface area contributed by atoms with Crippen LogP contribution in [0.3, 0.4) is 0 Å². The van der Waals surface area contributed by atoms with E-state index in [9.17, 15) is 5.11 Å². The van der Waals surface area contributed by atoms with Gasteiger partial charge in [0.25, 0.3) is 0 Å². The molecule has 1 rings (SSSR count). The maximum atomic E-state index is 9.94. The Hall–Kier alpha value is -0.590. The van der Waals surface area contributed by atoms with E-state index in [1.54, 1.807) is 0 Å². The lowest BCUT2D eigenvalue weighted by Gasteiger charge is -2.31. The van der Waals surface area contributed by atoms with Crippen molar-refractivity contribution in [3.63, 3.8) is 0 Å². The fourth-order valence-corrected chi connectivity index (χ4v) is 2.74. The Bertz CT molecular complexity index is 283. The highest BCUT2D eigenvalue weighted by molar-refractivity contribution is 4.91. The maximum Gasteiger partial charge on any atom is 0.0683 e. The van der Waals surface area contributed by atoms with Gasteiger partial charge in [-0.1, -0.05) is 12.8 Å². The Morgan fingerprint density at radius 1 is 1.33 bits per heavy atom. The fourth-order valence-electron chi connectivity index (χ4n) is 2.74. The zero-order valence-corrected chi connectivity index (χ0v) is 12.2. The molecule has 0 saturated heterocycles. The first kappa shape index (κ1) is 15.5. The van der Waals surface area contributed by atoms with Gasteiger partial charge in [-0.15, -0.1) is 0 Å². The number of rotatable bonds is 6. The average molecular weight is 252 g/mol. The molecule has 0 aromatic rings. The van der Waals surface area contributed by atoms with Crippen LogP contribution in [0.4, 0.5) is 0 Å². The van der Waals surface area contributed by atoms with Crippen molar-refractivity contribution in [2.75, 3.05) is 20.1 Å². The zero-order valence-electron chi connectivity index (χ0n) is 12.2. The van der Waals surface area contributed by atoms with Gasteiger partial charge in [-0.25, -0.2) is 0 Å². The predicted octanol–water partition coefficient (Wildman–Crippen LogP) is 2.80. The normalized spacial score (nSPS) is 25.1. The molecule has 0 amide bonds. The number of nitrogens with zero attached hydrogens (tertiary/aromatic N) is 2. The summed E-state index contributed by atoms with van der Waals surface area (Å²) in [7, 11) is 2.13. The summed E-state index contributed by atoms with van der Waals surface area (Å²) >= 11 is 0. The van der Waals surface area contributed by atoms with E-state index in [0.29, 0.717) is 5.92 Å². The van der Waals surface area contributed by atoms with Crippen LogP contribution in [0, 0.1) is 22.7 Å². The third kappa shape index (κ3) is 5.37. The Morgan fingerprint density at radius 2 is 2.00 bits per heavy atom. The van der Waals surface area contributed by atoms with E-state index in [1.807, 2.05) is 13.8 Å². The van der Waals surface area contributed by atoms with E-state index in [-0.39, 0.29) is 11.5 Å². The molecule has 3 heteroatoms. The molecule has 0 aliphatic heterocycles. The minimum atomic E-state index is -0.203. The van der Waals surface area contributed by atoms with Crippen molar-refractivity contribution in [2.45, 2.75) is 58.5 Å². The highest BCUT2D eigenvalue weighted by Crippen LogP contribution is 2.25. The number of aliphatic hydroxyl groups is 1. The fraction of sp³-hybridized carbons (Fsp3) is 0.933. The molecule has 1 aliphatic carbocycles. The van der Waals surface area contributed by atoms with E-state index in [1.165, 1.54) is 12.8 Å². The molecule has 0 heterocycles. The highest BCUT2D eigenvalue weighted by Gasteiger charge is 2.24. The molecule has 0 aromatic heterocycles. The Morgan fingerprint density at radius 3 is 2.61 bits per heavy atom. The van der Waals surface area contributed by atoms with E-state index in [2.05, 4.69) is 18.0 Å². The van der Waals surface area contributed by atoms with Gasteiger partial charge in [0.15, 0.2) is 0 Å². The van der Waals surface area contributed by atoms with Gasteiger partial charge in [-0.3, -0.25) is 0 Å². The standard InChI is InChI=1S/C15H28N2O/c1-15(2,12-16)9-6-10-17(3)11-13-7-4-5-8-14(13)18/h13-14,18H,4-11H2,1-3H3. The second-order valence-corrected chi connectivity index (χ2v) is 6.47. The number of aliphatic hydroxyl groups excluding tert-OH is 1. The lowest BCUT2D eigenvalue weighted by molar-refractivity contribution is 0.0509. The summed E-state index contributed by atoms with van der Waals surface area (Å²) in [5.74, 6) is 0.452. The topological polar surface area (TPSA) is 47.3 Å². The van der Waals surface area contributed by atoms with Gasteiger partial charge in [0.2, 0.25) is 0 Å². The molecule has 104 valence electrons. The van der Waals surface area contributed by atoms with Crippen molar-refractivity contribution in [3.8, 4) is 6.07 Å². The monoisotopic (exact) mass is 252 g/mol. The van der Waals surface area contributed by atoms with Gasteiger partial charge in [-0.05, 0) is 59.0 Å². The van der Waals surface area contributed by atoms with Crippen molar-refractivity contribution in [2.24, 2.45) is 11.3 Å². The summed E-state index contributed by atoms with van der Waals surface area (Å²) in [6, 6.07) is 2.34. The summed E-state index contributed by atoms with van der Waals surface area (Å²) < 4.78 is 0. The smallest absolute Gasteiger partial charge is 0.0683 e. The molecule has 1 N–H and O–H groups in total. The van der Waals surface area contributed by atoms with Crippen LogP contribution < -0.4 is 0 Å². The third-order valence-corrected chi connectivity index (χ3v) is 4.06. The molecular formula is C15H28N2O. The quantitative estimate of drug-likeness (QED) is 0.790. The molecule has 3 nitrogen and oxygen atoms in total. The average Bonchev–Trinajstić information content (AvgIpc) is 2.32. The van der Waals surface area contributed by atoms with Crippen LogP contribution >= 0.6 is 0 Å². The Labute approximate surface area is 112 Å². The summed E-state index contributed by atoms with van der Waals surface area (Å²) in [6.07, 6.45) is 6.47. The molecule has 2 atom stereocenters. The first-order valence-electron chi connectivity index (χ1n) is 7.22. The van der Waals surface area contributed by atoms with Crippen molar-refractivity contribution >= 4 is 0 Å². The van der Waals surface area contributed by atoms with Crippen molar-refractivity contribution in [1.82, 2.24) is 4.90 Å². The van der Waals surface area contributed by atoms with E-state index in [0.717, 1.165) is 38.8 Å². The van der Waals surface area contributed by atoms with Crippen LogP contribution in [0.5, 0.6) is 0 Å². The molecule has 0 radical (unpaired) electrons. The lowest BCUT2D eigenvalue weighted by atomic mass is 9.86. The summed E-state index contributed by atoms with van der Waals surface area (Å²) in [5.41, 5.74) is -0.203. The SMILES string of the molecule is CN(CCCC(C)(C)C#N)CC1CCCCC1O. The molecule has 18 heavy (non-hydrogen) atoms. The molecule has 0 aromatic carbocycles. The van der Waals surface area contributed by atoms with Gasteiger partial charge in [0.1, 0.15) is 0 Å². The number of hydrogen-bond donors (Lipinski definition) is 1. The lowest BCUT2D eigenvalue weighted by Crippen LogP contribution is -2.35. The second kappa shape index (κ2) is 7.11. The van der Waals surface area contributed by atoms with Crippen LogP contribution in [0.1, 0.15) is 52.4 Å². The maximum absolute atomic E-state index is 9.94. The Kier molecular flexibility index (Phi) is 6.11. The van der Waals surface area contributed by atoms with E-state index >= 15 is 0 Å². The van der Waals surface area contributed by atoms with Crippen LogP contribution in [-0.2, 0) is 0 Å². The predicted molar refractivity (Wildman–Crippen MR) is 74.1 cm³/mol. The first-order chi connectivity index (χ1) is 8.44. The molecule has 1 aliphatic rings. The van der Waals surface area contributed by atoms with E-state index < -0.39 is 0 Å². The first-order valence-corrected chi connectivity index (χ1v) is 7.22. The summed E-state index contributed by atoms with van der Waals surface area (Å²) in [5, 5.41) is 18.9. The van der Waals surface area contributed by atoms with Crippen molar-refractivity contribution in [1.29, 1.82) is 5.26 Å². The second-order valence-electron chi connectivity index (χ2n) is 6.47. The molecule has 2 unspecified atom stereocenters. The minimum Gasteiger partial charge on any atom is -0.393 e. The highest BCUT2D eigenvalue weighted by atomic mass is 16.3. The van der Waals surface area contributed by atoms with E-state index in [4.69, 9.17) is 5.26 Å². The van der Waals surface area contributed by atoms with Crippen LogP contribution in [-0.4, -0.2) is 36.2 Å². The summed E-state index contributed by atoms with van der Waals surface area (Å²) in [4.78, 5) is 2.31. The largest absolute Gasteiger partial charge is 0.393 e. The van der Waals surface area contributed by atoms with Gasteiger partial charge in [0, 0.05) is 6.54 Å².